The second kappa shape index (κ2) is 3.62. The van der Waals surface area contributed by atoms with Crippen LogP contribution < -0.4 is 11.1 Å². The van der Waals surface area contributed by atoms with Gasteiger partial charge in [-0.1, -0.05) is 25.1 Å². The Morgan fingerprint density at radius 3 is 3.07 bits per heavy atom. The highest BCUT2D eigenvalue weighted by Crippen LogP contribution is 2.34. The van der Waals surface area contributed by atoms with Crippen LogP contribution in [0.2, 0.25) is 0 Å². The quantitative estimate of drug-likeness (QED) is 0.749. The molecule has 0 saturated carbocycles. The maximum absolute atomic E-state index is 5.83. The van der Waals surface area contributed by atoms with E-state index in [4.69, 9.17) is 5.73 Å². The van der Waals surface area contributed by atoms with Gasteiger partial charge < -0.3 is 11.1 Å². The van der Waals surface area contributed by atoms with Crippen molar-refractivity contribution in [1.82, 2.24) is 0 Å². The first kappa shape index (κ1) is 9.53. The molecular formula is C12H18N2. The van der Waals surface area contributed by atoms with Gasteiger partial charge in [-0.25, -0.2) is 0 Å². The van der Waals surface area contributed by atoms with E-state index in [2.05, 4.69) is 37.4 Å². The van der Waals surface area contributed by atoms with Crippen molar-refractivity contribution >= 4 is 5.69 Å². The van der Waals surface area contributed by atoms with Gasteiger partial charge in [0.1, 0.15) is 0 Å². The molecule has 2 nitrogen and oxygen atoms in total. The molecule has 0 bridgehead atoms. The van der Waals surface area contributed by atoms with Crippen LogP contribution in [-0.2, 0) is 6.42 Å². The van der Waals surface area contributed by atoms with Crippen LogP contribution in [-0.4, -0.2) is 12.6 Å². The van der Waals surface area contributed by atoms with Gasteiger partial charge in [0, 0.05) is 24.2 Å². The standard InChI is InChI=1S/C12H18N2/c1-8-7-14-12-10(6-9(2)13)4-3-5-11(8)12/h3-5,8-9,14H,6-7,13H2,1-2H3. The highest BCUT2D eigenvalue weighted by Gasteiger charge is 2.20. The number of fused-ring (bicyclic) bond motifs is 1. The molecule has 0 aliphatic carbocycles. The van der Waals surface area contributed by atoms with Gasteiger partial charge in [0.2, 0.25) is 0 Å². The molecule has 1 aromatic carbocycles. The largest absolute Gasteiger partial charge is 0.384 e. The van der Waals surface area contributed by atoms with Gasteiger partial charge >= 0.3 is 0 Å². The SMILES string of the molecule is CC(N)Cc1cccc2c1NCC2C. The summed E-state index contributed by atoms with van der Waals surface area (Å²) in [5, 5.41) is 3.47. The van der Waals surface area contributed by atoms with Crippen molar-refractivity contribution in [3.8, 4) is 0 Å². The number of anilines is 1. The fraction of sp³-hybridized carbons (Fsp3) is 0.500. The van der Waals surface area contributed by atoms with Crippen LogP contribution in [0.5, 0.6) is 0 Å². The van der Waals surface area contributed by atoms with Crippen molar-refractivity contribution in [1.29, 1.82) is 0 Å². The molecule has 76 valence electrons. The minimum atomic E-state index is 0.235. The van der Waals surface area contributed by atoms with Gasteiger partial charge in [-0.2, -0.15) is 0 Å². The molecule has 2 rings (SSSR count). The lowest BCUT2D eigenvalue weighted by molar-refractivity contribution is 0.739. The highest BCUT2D eigenvalue weighted by molar-refractivity contribution is 5.63. The fourth-order valence-electron chi connectivity index (χ4n) is 2.13. The third-order valence-electron chi connectivity index (χ3n) is 2.84. The molecule has 3 N–H and O–H groups in total. The Morgan fingerprint density at radius 2 is 2.36 bits per heavy atom. The van der Waals surface area contributed by atoms with Crippen LogP contribution in [0, 0.1) is 0 Å². The van der Waals surface area contributed by atoms with E-state index in [0.717, 1.165) is 13.0 Å². The number of nitrogens with two attached hydrogens (primary N) is 1. The summed E-state index contributed by atoms with van der Waals surface area (Å²) in [7, 11) is 0. The minimum Gasteiger partial charge on any atom is -0.384 e. The molecule has 2 heteroatoms. The normalized spacial score (nSPS) is 21.5. The van der Waals surface area contributed by atoms with E-state index in [-0.39, 0.29) is 6.04 Å². The van der Waals surface area contributed by atoms with Crippen LogP contribution >= 0.6 is 0 Å². The van der Waals surface area contributed by atoms with Crippen LogP contribution in [0.1, 0.15) is 30.9 Å². The molecule has 0 aromatic heterocycles. The van der Waals surface area contributed by atoms with Crippen LogP contribution in [0.3, 0.4) is 0 Å². The van der Waals surface area contributed by atoms with E-state index in [1.807, 2.05) is 0 Å². The van der Waals surface area contributed by atoms with Crippen molar-refractivity contribution in [2.24, 2.45) is 5.73 Å². The van der Waals surface area contributed by atoms with Crippen molar-refractivity contribution in [2.45, 2.75) is 32.2 Å². The van der Waals surface area contributed by atoms with E-state index < -0.39 is 0 Å². The number of para-hydroxylation sites is 1. The van der Waals surface area contributed by atoms with Gasteiger partial charge in [0.15, 0.2) is 0 Å². The summed E-state index contributed by atoms with van der Waals surface area (Å²) in [6.45, 7) is 5.37. The number of benzene rings is 1. The second-order valence-electron chi connectivity index (χ2n) is 4.34. The van der Waals surface area contributed by atoms with Gasteiger partial charge in [-0.3, -0.25) is 0 Å². The maximum Gasteiger partial charge on any atom is 0.0409 e. The smallest absolute Gasteiger partial charge is 0.0409 e. The number of rotatable bonds is 2. The van der Waals surface area contributed by atoms with E-state index in [0.29, 0.717) is 5.92 Å². The van der Waals surface area contributed by atoms with Crippen LogP contribution in [0.4, 0.5) is 5.69 Å². The van der Waals surface area contributed by atoms with Gasteiger partial charge in [0.25, 0.3) is 0 Å². The van der Waals surface area contributed by atoms with Crippen molar-refractivity contribution in [2.75, 3.05) is 11.9 Å². The molecule has 14 heavy (non-hydrogen) atoms. The van der Waals surface area contributed by atoms with Crippen LogP contribution in [0.25, 0.3) is 0 Å². The third kappa shape index (κ3) is 1.62. The van der Waals surface area contributed by atoms with Crippen molar-refractivity contribution in [3.63, 3.8) is 0 Å². The molecule has 0 radical (unpaired) electrons. The molecule has 0 fully saturated rings. The van der Waals surface area contributed by atoms with Gasteiger partial charge in [0.05, 0.1) is 0 Å². The summed E-state index contributed by atoms with van der Waals surface area (Å²) >= 11 is 0. The molecule has 1 heterocycles. The van der Waals surface area contributed by atoms with Crippen molar-refractivity contribution < 1.29 is 0 Å². The fourth-order valence-corrected chi connectivity index (χ4v) is 2.13. The molecule has 0 saturated heterocycles. The molecule has 1 aliphatic heterocycles. The van der Waals surface area contributed by atoms with Gasteiger partial charge in [-0.15, -0.1) is 0 Å². The molecule has 1 aromatic rings. The van der Waals surface area contributed by atoms with Gasteiger partial charge in [-0.05, 0) is 24.5 Å². The summed E-state index contributed by atoms with van der Waals surface area (Å²) in [6.07, 6.45) is 0.961. The Balaban J connectivity index is 2.34. The monoisotopic (exact) mass is 190 g/mol. The molecule has 0 amide bonds. The van der Waals surface area contributed by atoms with E-state index >= 15 is 0 Å². The average molecular weight is 190 g/mol. The molecule has 2 unspecified atom stereocenters. The summed E-state index contributed by atoms with van der Waals surface area (Å²) < 4.78 is 0. The lowest BCUT2D eigenvalue weighted by Crippen LogP contribution is -2.18. The average Bonchev–Trinajstić information content (AvgIpc) is 2.49. The Morgan fingerprint density at radius 1 is 1.57 bits per heavy atom. The van der Waals surface area contributed by atoms with Crippen molar-refractivity contribution in [3.05, 3.63) is 29.3 Å². The summed E-state index contributed by atoms with van der Waals surface area (Å²) in [5.41, 5.74) is 9.97. The Bertz CT molecular complexity index is 331. The Hall–Kier alpha value is -1.02. The molecule has 0 spiro atoms. The molecule has 2 atom stereocenters. The molecule has 1 aliphatic rings. The minimum absolute atomic E-state index is 0.235. The number of hydrogen-bond acceptors (Lipinski definition) is 2. The van der Waals surface area contributed by atoms with E-state index in [1.165, 1.54) is 16.8 Å². The number of nitrogens with one attached hydrogen (secondary N) is 1. The highest BCUT2D eigenvalue weighted by atomic mass is 14.9. The lowest BCUT2D eigenvalue weighted by atomic mass is 9.98. The zero-order valence-corrected chi connectivity index (χ0v) is 8.88. The number of hydrogen-bond donors (Lipinski definition) is 2. The zero-order chi connectivity index (χ0) is 10.1. The first-order chi connectivity index (χ1) is 6.68. The third-order valence-corrected chi connectivity index (χ3v) is 2.84. The van der Waals surface area contributed by atoms with Crippen LogP contribution in [0.15, 0.2) is 18.2 Å². The Kier molecular flexibility index (Phi) is 2.46. The Labute approximate surface area is 85.5 Å². The molecular weight excluding hydrogens is 172 g/mol. The summed E-state index contributed by atoms with van der Waals surface area (Å²) in [6, 6.07) is 6.76. The summed E-state index contributed by atoms with van der Waals surface area (Å²) in [5.74, 6) is 0.637. The zero-order valence-electron chi connectivity index (χ0n) is 8.88. The van der Waals surface area contributed by atoms with E-state index in [9.17, 15) is 0 Å². The maximum atomic E-state index is 5.83. The predicted molar refractivity (Wildman–Crippen MR) is 60.7 cm³/mol. The lowest BCUT2D eigenvalue weighted by Gasteiger charge is -2.11. The first-order valence-corrected chi connectivity index (χ1v) is 5.29. The first-order valence-electron chi connectivity index (χ1n) is 5.29. The topological polar surface area (TPSA) is 38.0 Å². The second-order valence-corrected chi connectivity index (χ2v) is 4.34. The van der Waals surface area contributed by atoms with E-state index in [1.54, 1.807) is 0 Å². The summed E-state index contributed by atoms with van der Waals surface area (Å²) in [4.78, 5) is 0. The predicted octanol–water partition coefficient (Wildman–Crippen LogP) is 2.11.